The Kier molecular flexibility index (Phi) is 4.36. The van der Waals surface area contributed by atoms with Crippen molar-refractivity contribution in [2.45, 2.75) is 6.54 Å². The molecular formula is C13H16Cl4N4. The lowest BCUT2D eigenvalue weighted by atomic mass is 10.1. The van der Waals surface area contributed by atoms with Crippen LogP contribution in [0.5, 0.6) is 0 Å². The third-order valence-corrected chi connectivity index (χ3v) is 5.37. The fourth-order valence-electron chi connectivity index (χ4n) is 3.85. The van der Waals surface area contributed by atoms with Crippen molar-refractivity contribution in [3.05, 3.63) is 32.8 Å². The molecule has 0 amide bonds. The van der Waals surface area contributed by atoms with Gasteiger partial charge in [-0.1, -0.05) is 34.8 Å². The predicted octanol–water partition coefficient (Wildman–Crippen LogP) is -0.341. The monoisotopic (exact) mass is 368 g/mol. The van der Waals surface area contributed by atoms with E-state index in [1.165, 1.54) is 0 Å². The minimum absolute atomic E-state index is 0. The molecule has 8 heteroatoms. The first-order chi connectivity index (χ1) is 9.53. The Labute approximate surface area is 145 Å². The van der Waals surface area contributed by atoms with E-state index in [-0.39, 0.29) is 12.4 Å². The van der Waals surface area contributed by atoms with Crippen LogP contribution in [0.25, 0.3) is 0 Å². The Morgan fingerprint density at radius 2 is 1.29 bits per heavy atom. The maximum Gasteiger partial charge on any atom is 0.139 e. The van der Waals surface area contributed by atoms with Gasteiger partial charge in [-0.2, -0.15) is 0 Å². The largest absolute Gasteiger partial charge is 1.00 e. The number of halogens is 4. The topological polar surface area (TPSA) is 9.72 Å². The van der Waals surface area contributed by atoms with Crippen molar-refractivity contribution in [1.82, 2.24) is 14.7 Å². The molecule has 116 valence electrons. The highest BCUT2D eigenvalue weighted by Crippen LogP contribution is 2.35. The molecule has 0 aliphatic carbocycles. The molecule has 1 aromatic carbocycles. The van der Waals surface area contributed by atoms with Crippen molar-refractivity contribution < 1.29 is 16.9 Å². The molecule has 0 atom stereocenters. The van der Waals surface area contributed by atoms with Crippen molar-refractivity contribution in [1.29, 1.82) is 0 Å². The summed E-state index contributed by atoms with van der Waals surface area (Å²) in [6.07, 6.45) is 0. The minimum Gasteiger partial charge on any atom is -1.00 e. The minimum atomic E-state index is 0. The lowest BCUT2D eigenvalue weighted by molar-refractivity contribution is -0.991. The molecule has 0 radical (unpaired) electrons. The Balaban J connectivity index is 0.00000132. The lowest BCUT2D eigenvalue weighted by Gasteiger charge is -2.60. The second-order valence-corrected chi connectivity index (χ2v) is 7.44. The third kappa shape index (κ3) is 2.89. The van der Waals surface area contributed by atoms with Crippen LogP contribution in [-0.4, -0.2) is 59.2 Å². The van der Waals surface area contributed by atoms with Gasteiger partial charge in [0.2, 0.25) is 0 Å². The molecule has 5 rings (SSSR count). The van der Waals surface area contributed by atoms with Gasteiger partial charge in [0.1, 0.15) is 26.6 Å². The molecule has 4 heterocycles. The van der Waals surface area contributed by atoms with E-state index in [9.17, 15) is 0 Å². The van der Waals surface area contributed by atoms with Crippen LogP contribution in [0.15, 0.2) is 12.1 Å². The number of hydrogen-bond donors (Lipinski definition) is 0. The highest BCUT2D eigenvalue weighted by Gasteiger charge is 2.48. The summed E-state index contributed by atoms with van der Waals surface area (Å²) < 4.78 is 1.01. The maximum atomic E-state index is 6.35. The van der Waals surface area contributed by atoms with E-state index in [0.717, 1.165) is 56.6 Å². The van der Waals surface area contributed by atoms with E-state index in [1.54, 1.807) is 6.07 Å². The second kappa shape index (κ2) is 5.69. The maximum absolute atomic E-state index is 6.35. The van der Waals surface area contributed by atoms with Crippen molar-refractivity contribution in [3.63, 3.8) is 0 Å². The number of rotatable bonds is 2. The van der Waals surface area contributed by atoms with Crippen molar-refractivity contribution in [3.8, 4) is 0 Å². The number of quaternary nitrogens is 1. The van der Waals surface area contributed by atoms with Gasteiger partial charge in [-0.15, -0.1) is 0 Å². The molecule has 1 aromatic rings. The highest BCUT2D eigenvalue weighted by atomic mass is 35.5. The highest BCUT2D eigenvalue weighted by molar-refractivity contribution is 6.43. The molecule has 0 unspecified atom stereocenters. The van der Waals surface area contributed by atoms with Crippen molar-refractivity contribution >= 4 is 34.8 Å². The average Bonchev–Trinajstić information content (AvgIpc) is 2.34. The van der Waals surface area contributed by atoms with Crippen LogP contribution in [0.3, 0.4) is 0 Å². The Hall–Kier alpha value is 0.220. The molecule has 4 nitrogen and oxygen atoms in total. The van der Waals surface area contributed by atoms with Gasteiger partial charge in [0, 0.05) is 5.56 Å². The molecule has 0 saturated carbocycles. The van der Waals surface area contributed by atoms with E-state index >= 15 is 0 Å². The van der Waals surface area contributed by atoms with E-state index in [0.29, 0.717) is 15.1 Å². The zero-order valence-corrected chi connectivity index (χ0v) is 14.4. The summed E-state index contributed by atoms with van der Waals surface area (Å²) in [6.45, 7) is 7.43. The van der Waals surface area contributed by atoms with Crippen LogP contribution >= 0.6 is 34.8 Å². The molecule has 4 aliphatic heterocycles. The summed E-state index contributed by atoms with van der Waals surface area (Å²) in [7, 11) is 0. The van der Waals surface area contributed by atoms with E-state index < -0.39 is 0 Å². The summed E-state index contributed by atoms with van der Waals surface area (Å²) in [5.74, 6) is 0. The van der Waals surface area contributed by atoms with Gasteiger partial charge in [-0.25, -0.2) is 14.7 Å². The molecule has 0 N–H and O–H groups in total. The van der Waals surface area contributed by atoms with Gasteiger partial charge in [0.15, 0.2) is 0 Å². The second-order valence-electron chi connectivity index (χ2n) is 6.22. The summed E-state index contributed by atoms with van der Waals surface area (Å²) in [5.41, 5.74) is 1.09. The Morgan fingerprint density at radius 1 is 0.810 bits per heavy atom. The van der Waals surface area contributed by atoms with E-state index in [4.69, 9.17) is 34.8 Å². The van der Waals surface area contributed by atoms with Crippen LogP contribution in [-0.2, 0) is 6.54 Å². The van der Waals surface area contributed by atoms with Crippen LogP contribution in [0.2, 0.25) is 15.1 Å². The summed E-state index contributed by atoms with van der Waals surface area (Å²) >= 11 is 18.5. The van der Waals surface area contributed by atoms with Crippen LogP contribution in [0.1, 0.15) is 5.56 Å². The fourth-order valence-corrected chi connectivity index (χ4v) is 4.48. The summed E-state index contributed by atoms with van der Waals surface area (Å²) in [6, 6.07) is 3.68. The molecule has 4 bridgehead atoms. The Morgan fingerprint density at radius 3 is 1.81 bits per heavy atom. The average molecular weight is 370 g/mol. The van der Waals surface area contributed by atoms with Gasteiger partial charge in [0.05, 0.1) is 35.1 Å². The van der Waals surface area contributed by atoms with Crippen LogP contribution in [0.4, 0.5) is 0 Å². The number of hydrogen-bond acceptors (Lipinski definition) is 3. The zero-order valence-electron chi connectivity index (χ0n) is 11.4. The summed E-state index contributed by atoms with van der Waals surface area (Å²) in [4.78, 5) is 7.46. The van der Waals surface area contributed by atoms with E-state index in [2.05, 4.69) is 14.7 Å². The van der Waals surface area contributed by atoms with Gasteiger partial charge >= 0.3 is 0 Å². The first-order valence-corrected chi connectivity index (χ1v) is 7.82. The predicted molar refractivity (Wildman–Crippen MR) is 80.2 cm³/mol. The fraction of sp³-hybridized carbons (Fsp3) is 0.538. The molecule has 4 fully saturated rings. The third-order valence-electron chi connectivity index (χ3n) is 4.30. The number of benzene rings is 1. The number of nitrogens with zero attached hydrogens (tertiary/aromatic N) is 4. The van der Waals surface area contributed by atoms with E-state index in [1.807, 2.05) is 6.07 Å². The van der Waals surface area contributed by atoms with Crippen molar-refractivity contribution in [2.24, 2.45) is 0 Å². The smallest absolute Gasteiger partial charge is 0.139 e. The van der Waals surface area contributed by atoms with Gasteiger partial charge in [-0.3, -0.25) is 4.48 Å². The van der Waals surface area contributed by atoms with Gasteiger partial charge in [-0.05, 0) is 12.1 Å². The van der Waals surface area contributed by atoms with Crippen LogP contribution < -0.4 is 12.4 Å². The molecule has 21 heavy (non-hydrogen) atoms. The SMILES string of the molecule is Clc1cc(Cl)c(C[N+]23CN4CN(CN(C4)C2)C3)cc1Cl.[Cl-]. The normalized spacial score (nSPS) is 36.6. The van der Waals surface area contributed by atoms with Crippen molar-refractivity contribution in [2.75, 3.05) is 40.0 Å². The first kappa shape index (κ1) is 16.1. The quantitative estimate of drug-likeness (QED) is 0.521. The molecule has 4 saturated heterocycles. The zero-order chi connectivity index (χ0) is 13.9. The first-order valence-electron chi connectivity index (χ1n) is 6.69. The van der Waals surface area contributed by atoms with Gasteiger partial charge < -0.3 is 12.4 Å². The molecule has 4 aliphatic rings. The molecule has 0 spiro atoms. The Bertz CT molecular complexity index is 530. The van der Waals surface area contributed by atoms with Gasteiger partial charge in [0.25, 0.3) is 0 Å². The lowest BCUT2D eigenvalue weighted by Crippen LogP contribution is -3.00. The summed E-state index contributed by atoms with van der Waals surface area (Å²) in [5, 5.41) is 1.82. The van der Waals surface area contributed by atoms with Crippen LogP contribution in [0, 0.1) is 0 Å². The molecule has 0 aromatic heterocycles. The molecular weight excluding hydrogens is 354 g/mol. The standard InChI is InChI=1S/C13H16Cl3N4.ClH/c14-11-2-13(16)12(15)1-10(11)3-20-7-17-4-18(8-20)6-19(5-17)9-20;/h1-2H,3-9H2;1H/q+1;/p-1.